The number of benzene rings is 1. The molecule has 0 heterocycles. The van der Waals surface area contributed by atoms with E-state index < -0.39 is 5.82 Å². The van der Waals surface area contributed by atoms with Crippen molar-refractivity contribution < 1.29 is 9.50 Å². The van der Waals surface area contributed by atoms with Gasteiger partial charge >= 0.3 is 0 Å². The fourth-order valence-electron chi connectivity index (χ4n) is 1.70. The second kappa shape index (κ2) is 6.57. The molecule has 0 atom stereocenters. The summed E-state index contributed by atoms with van der Waals surface area (Å²) < 4.78 is 13.1. The van der Waals surface area contributed by atoms with Gasteiger partial charge < -0.3 is 14.9 Å². The van der Waals surface area contributed by atoms with Crippen LogP contribution < -0.4 is 0 Å². The van der Waals surface area contributed by atoms with Gasteiger partial charge in [-0.2, -0.15) is 0 Å². The number of halogens is 1. The molecule has 0 aromatic heterocycles. The van der Waals surface area contributed by atoms with Gasteiger partial charge in [0.1, 0.15) is 0 Å². The molecule has 17 heavy (non-hydrogen) atoms. The molecule has 0 saturated heterocycles. The normalized spacial score (nSPS) is 11.4. The summed E-state index contributed by atoms with van der Waals surface area (Å²) >= 11 is 0. The van der Waals surface area contributed by atoms with Gasteiger partial charge in [0.2, 0.25) is 0 Å². The third-order valence-corrected chi connectivity index (χ3v) is 2.61. The summed E-state index contributed by atoms with van der Waals surface area (Å²) in [6.45, 7) is 2.72. The fraction of sp³-hybridized carbons (Fsp3) is 0.538. The molecule has 1 aromatic carbocycles. The summed E-state index contributed by atoms with van der Waals surface area (Å²) in [6, 6.07) is 4.54. The summed E-state index contributed by atoms with van der Waals surface area (Å²) in [5, 5.41) is 9.09. The third-order valence-electron chi connectivity index (χ3n) is 2.61. The minimum atomic E-state index is -0.552. The van der Waals surface area contributed by atoms with Crippen molar-refractivity contribution >= 4 is 0 Å². The first-order valence-corrected chi connectivity index (χ1v) is 5.79. The minimum absolute atomic E-state index is 0.288. The molecule has 0 radical (unpaired) electrons. The van der Waals surface area contributed by atoms with E-state index in [9.17, 15) is 4.39 Å². The van der Waals surface area contributed by atoms with Crippen molar-refractivity contribution in [2.24, 2.45) is 0 Å². The largest absolute Gasteiger partial charge is 0.505 e. The molecular formula is C13H21FN2O. The predicted octanol–water partition coefficient (Wildman–Crippen LogP) is 1.91. The van der Waals surface area contributed by atoms with Crippen molar-refractivity contribution in [1.82, 2.24) is 9.80 Å². The summed E-state index contributed by atoms with van der Waals surface area (Å²) in [7, 11) is 6.12. The van der Waals surface area contributed by atoms with E-state index in [2.05, 4.69) is 23.9 Å². The van der Waals surface area contributed by atoms with Crippen LogP contribution in [0.15, 0.2) is 18.2 Å². The van der Waals surface area contributed by atoms with Crippen LogP contribution in [0.4, 0.5) is 4.39 Å². The number of hydrogen-bond acceptors (Lipinski definition) is 3. The Morgan fingerprint density at radius 2 is 1.88 bits per heavy atom. The number of rotatable bonds is 6. The van der Waals surface area contributed by atoms with E-state index in [0.717, 1.165) is 25.1 Å². The van der Waals surface area contributed by atoms with Crippen LogP contribution in [0.25, 0.3) is 0 Å². The molecule has 0 unspecified atom stereocenters. The number of aromatic hydroxyl groups is 1. The first-order valence-electron chi connectivity index (χ1n) is 5.79. The lowest BCUT2D eigenvalue weighted by molar-refractivity contribution is 0.294. The Hall–Kier alpha value is -1.13. The number of hydrogen-bond donors (Lipinski definition) is 1. The Morgan fingerprint density at radius 1 is 1.18 bits per heavy atom. The quantitative estimate of drug-likeness (QED) is 0.823. The van der Waals surface area contributed by atoms with Crippen molar-refractivity contribution in [3.63, 3.8) is 0 Å². The second-order valence-electron chi connectivity index (χ2n) is 4.68. The lowest BCUT2D eigenvalue weighted by atomic mass is 10.2. The summed E-state index contributed by atoms with van der Waals surface area (Å²) in [5.74, 6) is -0.840. The van der Waals surface area contributed by atoms with Crippen LogP contribution in [0.5, 0.6) is 5.75 Å². The zero-order chi connectivity index (χ0) is 12.8. The van der Waals surface area contributed by atoms with E-state index in [-0.39, 0.29) is 5.75 Å². The SMILES string of the molecule is CN(C)CCCN(C)Cc1ccc(O)c(F)c1. The van der Waals surface area contributed by atoms with Crippen molar-refractivity contribution in [3.05, 3.63) is 29.6 Å². The van der Waals surface area contributed by atoms with Gasteiger partial charge in [0.15, 0.2) is 11.6 Å². The van der Waals surface area contributed by atoms with E-state index in [0.29, 0.717) is 6.54 Å². The van der Waals surface area contributed by atoms with Crippen LogP contribution in [-0.4, -0.2) is 49.1 Å². The van der Waals surface area contributed by atoms with Gasteiger partial charge in [-0.3, -0.25) is 0 Å². The standard InChI is InChI=1S/C13H21FN2O/c1-15(2)7-4-8-16(3)10-11-5-6-13(17)12(14)9-11/h5-6,9,17H,4,7-8,10H2,1-3H3. The minimum Gasteiger partial charge on any atom is -0.505 e. The first kappa shape index (κ1) is 13.9. The Bertz CT molecular complexity index is 355. The Labute approximate surface area is 102 Å². The Balaban J connectivity index is 2.39. The van der Waals surface area contributed by atoms with E-state index in [1.165, 1.54) is 12.1 Å². The lowest BCUT2D eigenvalue weighted by Gasteiger charge is -2.18. The first-order chi connectivity index (χ1) is 7.99. The Morgan fingerprint density at radius 3 is 2.47 bits per heavy atom. The van der Waals surface area contributed by atoms with E-state index in [1.807, 2.05) is 7.05 Å². The van der Waals surface area contributed by atoms with Gasteiger partial charge in [-0.05, 0) is 58.3 Å². The predicted molar refractivity (Wildman–Crippen MR) is 67.6 cm³/mol. The zero-order valence-corrected chi connectivity index (χ0v) is 10.8. The second-order valence-corrected chi connectivity index (χ2v) is 4.68. The van der Waals surface area contributed by atoms with Gasteiger partial charge in [-0.25, -0.2) is 4.39 Å². The molecule has 0 saturated carbocycles. The molecule has 1 aromatic rings. The summed E-state index contributed by atoms with van der Waals surface area (Å²) in [4.78, 5) is 4.30. The van der Waals surface area contributed by atoms with Crippen molar-refractivity contribution in [2.45, 2.75) is 13.0 Å². The van der Waals surface area contributed by atoms with Crippen LogP contribution in [0.3, 0.4) is 0 Å². The van der Waals surface area contributed by atoms with Gasteiger partial charge in [0.05, 0.1) is 0 Å². The van der Waals surface area contributed by atoms with Crippen LogP contribution in [-0.2, 0) is 6.54 Å². The highest BCUT2D eigenvalue weighted by Crippen LogP contribution is 2.16. The van der Waals surface area contributed by atoms with Gasteiger partial charge in [-0.15, -0.1) is 0 Å². The number of phenols is 1. The summed E-state index contributed by atoms with van der Waals surface area (Å²) in [6.07, 6.45) is 1.09. The fourth-order valence-corrected chi connectivity index (χ4v) is 1.70. The molecule has 3 nitrogen and oxygen atoms in total. The average Bonchev–Trinajstić information content (AvgIpc) is 2.23. The molecule has 0 aliphatic rings. The van der Waals surface area contributed by atoms with E-state index >= 15 is 0 Å². The van der Waals surface area contributed by atoms with Crippen molar-refractivity contribution in [2.75, 3.05) is 34.2 Å². The third kappa shape index (κ3) is 5.15. The molecule has 96 valence electrons. The van der Waals surface area contributed by atoms with E-state index in [1.54, 1.807) is 6.07 Å². The maximum atomic E-state index is 13.1. The Kier molecular flexibility index (Phi) is 5.38. The number of nitrogens with zero attached hydrogens (tertiary/aromatic N) is 2. The van der Waals surface area contributed by atoms with Crippen LogP contribution in [0.1, 0.15) is 12.0 Å². The molecule has 0 spiro atoms. The molecule has 1 rings (SSSR count). The highest BCUT2D eigenvalue weighted by Gasteiger charge is 2.04. The zero-order valence-electron chi connectivity index (χ0n) is 10.8. The highest BCUT2D eigenvalue weighted by atomic mass is 19.1. The molecule has 0 amide bonds. The molecule has 0 aliphatic carbocycles. The smallest absolute Gasteiger partial charge is 0.165 e. The molecule has 1 N–H and O–H groups in total. The average molecular weight is 240 g/mol. The van der Waals surface area contributed by atoms with Gasteiger partial charge in [0.25, 0.3) is 0 Å². The topological polar surface area (TPSA) is 26.7 Å². The molecular weight excluding hydrogens is 219 g/mol. The van der Waals surface area contributed by atoms with Crippen molar-refractivity contribution in [3.8, 4) is 5.75 Å². The molecule has 0 bridgehead atoms. The number of phenolic OH excluding ortho intramolecular Hbond substituents is 1. The monoisotopic (exact) mass is 240 g/mol. The van der Waals surface area contributed by atoms with Crippen molar-refractivity contribution in [1.29, 1.82) is 0 Å². The van der Waals surface area contributed by atoms with Crippen LogP contribution in [0.2, 0.25) is 0 Å². The summed E-state index contributed by atoms with van der Waals surface area (Å²) in [5.41, 5.74) is 0.882. The highest BCUT2D eigenvalue weighted by molar-refractivity contribution is 5.27. The maximum Gasteiger partial charge on any atom is 0.165 e. The molecule has 4 heteroatoms. The molecule has 0 fully saturated rings. The van der Waals surface area contributed by atoms with E-state index in [4.69, 9.17) is 5.11 Å². The van der Waals surface area contributed by atoms with Gasteiger partial charge in [-0.1, -0.05) is 6.07 Å². The maximum absolute atomic E-state index is 13.1. The van der Waals surface area contributed by atoms with Gasteiger partial charge in [0, 0.05) is 6.54 Å². The lowest BCUT2D eigenvalue weighted by Crippen LogP contribution is -2.23. The van der Waals surface area contributed by atoms with Crippen LogP contribution in [0, 0.1) is 5.82 Å². The molecule has 0 aliphatic heterocycles. The van der Waals surface area contributed by atoms with Crippen LogP contribution >= 0.6 is 0 Å².